The van der Waals surface area contributed by atoms with E-state index in [-0.39, 0.29) is 6.04 Å². The molecule has 1 aromatic heterocycles. The quantitative estimate of drug-likeness (QED) is 0.737. The second-order valence-corrected chi connectivity index (χ2v) is 6.05. The number of anilines is 1. The molecule has 0 bridgehead atoms. The number of halogens is 2. The Kier molecular flexibility index (Phi) is 3.56. The molecular weight excluding hydrogens is 331 g/mol. The third-order valence-corrected chi connectivity index (χ3v) is 4.38. The Labute approximate surface area is 143 Å². The summed E-state index contributed by atoms with van der Waals surface area (Å²) >= 11 is 12.4. The molecule has 2 aromatic carbocycles. The summed E-state index contributed by atoms with van der Waals surface area (Å²) in [6, 6.07) is 15.3. The summed E-state index contributed by atoms with van der Waals surface area (Å²) in [6.07, 6.45) is 3.62. The van der Waals surface area contributed by atoms with Gasteiger partial charge in [-0.2, -0.15) is 10.1 Å². The fourth-order valence-corrected chi connectivity index (χ4v) is 3.04. The number of nitrogens with one attached hydrogen (secondary N) is 1. The van der Waals surface area contributed by atoms with Crippen LogP contribution in [-0.4, -0.2) is 14.8 Å². The van der Waals surface area contributed by atoms with Crippen molar-refractivity contribution in [3.63, 3.8) is 0 Å². The average molecular weight is 343 g/mol. The highest BCUT2D eigenvalue weighted by atomic mass is 35.5. The van der Waals surface area contributed by atoms with E-state index in [1.807, 2.05) is 53.2 Å². The van der Waals surface area contributed by atoms with Crippen LogP contribution in [-0.2, 0) is 0 Å². The first-order valence-corrected chi connectivity index (χ1v) is 7.87. The van der Waals surface area contributed by atoms with E-state index in [4.69, 9.17) is 23.2 Å². The first kappa shape index (κ1) is 14.3. The van der Waals surface area contributed by atoms with Crippen LogP contribution in [0.4, 0.5) is 5.95 Å². The van der Waals surface area contributed by atoms with E-state index >= 15 is 0 Å². The van der Waals surface area contributed by atoms with Gasteiger partial charge in [-0.1, -0.05) is 53.5 Å². The molecule has 0 fully saturated rings. The molecule has 1 atom stereocenters. The van der Waals surface area contributed by atoms with E-state index < -0.39 is 0 Å². The van der Waals surface area contributed by atoms with Gasteiger partial charge in [0, 0.05) is 15.7 Å². The number of rotatable bonds is 2. The zero-order valence-corrected chi connectivity index (χ0v) is 13.5. The SMILES string of the molecule is Clc1ccc(C2=C[C@H](c3ccccc3Cl)n3ncnc3N2)cc1. The van der Waals surface area contributed by atoms with Gasteiger partial charge in [-0.25, -0.2) is 4.68 Å². The molecule has 6 heteroatoms. The Morgan fingerprint density at radius 1 is 1.00 bits per heavy atom. The van der Waals surface area contributed by atoms with Crippen LogP contribution in [0.15, 0.2) is 60.9 Å². The number of fused-ring (bicyclic) bond motifs is 1. The molecule has 0 amide bonds. The van der Waals surface area contributed by atoms with E-state index in [1.54, 1.807) is 0 Å². The summed E-state index contributed by atoms with van der Waals surface area (Å²) in [5, 5.41) is 9.02. The van der Waals surface area contributed by atoms with Crippen LogP contribution in [0.5, 0.6) is 0 Å². The molecule has 3 aromatic rings. The first-order chi connectivity index (χ1) is 11.2. The van der Waals surface area contributed by atoms with Crippen molar-refractivity contribution in [3.8, 4) is 0 Å². The number of nitrogens with zero attached hydrogens (tertiary/aromatic N) is 3. The van der Waals surface area contributed by atoms with Crippen LogP contribution in [0.1, 0.15) is 17.2 Å². The lowest BCUT2D eigenvalue weighted by atomic mass is 10.0. The fraction of sp³-hybridized carbons (Fsp3) is 0.0588. The van der Waals surface area contributed by atoms with Crippen LogP contribution in [0.25, 0.3) is 5.70 Å². The van der Waals surface area contributed by atoms with Crippen molar-refractivity contribution in [2.45, 2.75) is 6.04 Å². The smallest absolute Gasteiger partial charge is 0.226 e. The van der Waals surface area contributed by atoms with Gasteiger partial charge < -0.3 is 5.32 Å². The predicted molar refractivity (Wildman–Crippen MR) is 92.7 cm³/mol. The molecule has 1 aliphatic rings. The Morgan fingerprint density at radius 2 is 1.78 bits per heavy atom. The molecule has 4 nitrogen and oxygen atoms in total. The number of allylic oxidation sites excluding steroid dienone is 1. The molecule has 23 heavy (non-hydrogen) atoms. The van der Waals surface area contributed by atoms with Gasteiger partial charge in [0.15, 0.2) is 0 Å². The van der Waals surface area contributed by atoms with Gasteiger partial charge in [0.05, 0.1) is 0 Å². The van der Waals surface area contributed by atoms with Gasteiger partial charge in [-0.15, -0.1) is 0 Å². The number of hydrogen-bond acceptors (Lipinski definition) is 3. The summed E-state index contributed by atoms with van der Waals surface area (Å²) < 4.78 is 1.82. The summed E-state index contributed by atoms with van der Waals surface area (Å²) in [7, 11) is 0. The van der Waals surface area contributed by atoms with Crippen LogP contribution in [0.2, 0.25) is 10.0 Å². The maximum absolute atomic E-state index is 6.38. The summed E-state index contributed by atoms with van der Waals surface area (Å²) in [6.45, 7) is 0. The maximum atomic E-state index is 6.38. The molecule has 0 radical (unpaired) electrons. The number of hydrogen-bond donors (Lipinski definition) is 1. The monoisotopic (exact) mass is 342 g/mol. The summed E-state index contributed by atoms with van der Waals surface area (Å²) in [5.41, 5.74) is 2.96. The molecule has 0 aliphatic carbocycles. The van der Waals surface area contributed by atoms with Crippen molar-refractivity contribution in [1.82, 2.24) is 14.8 Å². The van der Waals surface area contributed by atoms with Crippen LogP contribution in [0.3, 0.4) is 0 Å². The predicted octanol–water partition coefficient (Wildman–Crippen LogP) is 4.64. The standard InChI is InChI=1S/C17H12Cl2N4/c18-12-7-5-11(6-8-12)15-9-16(13-3-1-2-4-14(13)19)23-17(22-15)20-10-21-23/h1-10,16H,(H,20,21,22)/t16-/m1/s1. The lowest BCUT2D eigenvalue weighted by Gasteiger charge is -2.25. The zero-order chi connectivity index (χ0) is 15.8. The van der Waals surface area contributed by atoms with Crippen LogP contribution < -0.4 is 5.32 Å². The molecule has 4 rings (SSSR count). The van der Waals surface area contributed by atoms with E-state index in [0.717, 1.165) is 16.8 Å². The van der Waals surface area contributed by atoms with Crippen LogP contribution >= 0.6 is 23.2 Å². The minimum atomic E-state index is -0.117. The minimum Gasteiger partial charge on any atom is -0.324 e. The molecule has 0 spiro atoms. The second kappa shape index (κ2) is 5.72. The number of benzene rings is 2. The van der Waals surface area contributed by atoms with Gasteiger partial charge in [0.1, 0.15) is 12.4 Å². The van der Waals surface area contributed by atoms with Gasteiger partial charge in [-0.3, -0.25) is 0 Å². The molecule has 1 N–H and O–H groups in total. The van der Waals surface area contributed by atoms with Crippen molar-refractivity contribution in [1.29, 1.82) is 0 Å². The highest BCUT2D eigenvalue weighted by Crippen LogP contribution is 2.34. The highest BCUT2D eigenvalue weighted by Gasteiger charge is 2.24. The molecule has 0 saturated carbocycles. The van der Waals surface area contributed by atoms with Gasteiger partial charge in [0.25, 0.3) is 0 Å². The topological polar surface area (TPSA) is 42.7 Å². The van der Waals surface area contributed by atoms with Crippen molar-refractivity contribution in [2.75, 3.05) is 5.32 Å². The molecule has 1 aliphatic heterocycles. The molecule has 0 saturated heterocycles. The Balaban J connectivity index is 1.83. The van der Waals surface area contributed by atoms with Crippen molar-refractivity contribution >= 4 is 34.8 Å². The average Bonchev–Trinajstić information content (AvgIpc) is 3.04. The third kappa shape index (κ3) is 2.60. The lowest BCUT2D eigenvalue weighted by Crippen LogP contribution is -2.20. The molecule has 114 valence electrons. The number of aromatic nitrogens is 3. The van der Waals surface area contributed by atoms with Gasteiger partial charge >= 0.3 is 0 Å². The van der Waals surface area contributed by atoms with Gasteiger partial charge in [0.2, 0.25) is 5.95 Å². The zero-order valence-electron chi connectivity index (χ0n) is 11.9. The first-order valence-electron chi connectivity index (χ1n) is 7.11. The highest BCUT2D eigenvalue weighted by molar-refractivity contribution is 6.31. The van der Waals surface area contributed by atoms with Gasteiger partial charge in [-0.05, 0) is 35.4 Å². The second-order valence-electron chi connectivity index (χ2n) is 5.21. The van der Waals surface area contributed by atoms with Crippen molar-refractivity contribution in [2.24, 2.45) is 0 Å². The van der Waals surface area contributed by atoms with E-state index in [1.165, 1.54) is 6.33 Å². The summed E-state index contributed by atoms with van der Waals surface area (Å²) in [5.74, 6) is 0.683. The summed E-state index contributed by atoms with van der Waals surface area (Å²) in [4.78, 5) is 4.29. The normalized spacial score (nSPS) is 16.4. The van der Waals surface area contributed by atoms with Crippen molar-refractivity contribution in [3.05, 3.63) is 82.1 Å². The molecule has 0 unspecified atom stereocenters. The van der Waals surface area contributed by atoms with Crippen LogP contribution in [0, 0.1) is 0 Å². The van der Waals surface area contributed by atoms with E-state index in [2.05, 4.69) is 21.5 Å². The van der Waals surface area contributed by atoms with E-state index in [0.29, 0.717) is 16.0 Å². The largest absolute Gasteiger partial charge is 0.324 e. The Morgan fingerprint density at radius 3 is 2.57 bits per heavy atom. The Hall–Kier alpha value is -2.30. The Bertz CT molecular complexity index is 884. The fourth-order valence-electron chi connectivity index (χ4n) is 2.67. The van der Waals surface area contributed by atoms with E-state index in [9.17, 15) is 0 Å². The molecular formula is C17H12Cl2N4. The lowest BCUT2D eigenvalue weighted by molar-refractivity contribution is 0.612. The van der Waals surface area contributed by atoms with Crippen molar-refractivity contribution < 1.29 is 0 Å². The minimum absolute atomic E-state index is 0.117. The third-order valence-electron chi connectivity index (χ3n) is 3.79. The maximum Gasteiger partial charge on any atom is 0.226 e. The molecule has 2 heterocycles.